The van der Waals surface area contributed by atoms with E-state index >= 15 is 0 Å². The zero-order valence-corrected chi connectivity index (χ0v) is 12.7. The molecular formula is C17H23FN2O2. The molecule has 5 heteroatoms. The fraction of sp³-hybridized carbons (Fsp3) is 0.471. The quantitative estimate of drug-likeness (QED) is 0.599. The molecule has 0 fully saturated rings. The summed E-state index contributed by atoms with van der Waals surface area (Å²) < 4.78 is 18.1. The first-order valence-electron chi connectivity index (χ1n) is 7.82. The minimum absolute atomic E-state index is 0.181. The number of hydrogen-bond acceptors (Lipinski definition) is 2. The monoisotopic (exact) mass is 306 g/mol. The highest BCUT2D eigenvalue weighted by atomic mass is 19.1. The summed E-state index contributed by atoms with van der Waals surface area (Å²) in [7, 11) is 0. The topological polar surface area (TPSA) is 50.4 Å². The van der Waals surface area contributed by atoms with Gasteiger partial charge in [0.1, 0.15) is 18.2 Å². The number of rotatable bonds is 7. The van der Waals surface area contributed by atoms with E-state index in [0.29, 0.717) is 25.4 Å². The first kappa shape index (κ1) is 16.3. The molecular weight excluding hydrogens is 283 g/mol. The second kappa shape index (κ2) is 9.07. The lowest BCUT2D eigenvalue weighted by Gasteiger charge is -2.13. The molecule has 2 amide bonds. The summed E-state index contributed by atoms with van der Waals surface area (Å²) in [6.45, 7) is 1.42. The van der Waals surface area contributed by atoms with E-state index in [2.05, 4.69) is 16.7 Å². The highest BCUT2D eigenvalue weighted by Crippen LogP contribution is 2.19. The Morgan fingerprint density at radius 3 is 2.64 bits per heavy atom. The minimum Gasteiger partial charge on any atom is -0.492 e. The molecule has 0 heterocycles. The predicted molar refractivity (Wildman–Crippen MR) is 84.5 cm³/mol. The van der Waals surface area contributed by atoms with Gasteiger partial charge < -0.3 is 15.4 Å². The first-order valence-corrected chi connectivity index (χ1v) is 7.82. The van der Waals surface area contributed by atoms with E-state index in [1.165, 1.54) is 37.0 Å². The third kappa shape index (κ3) is 6.16. The van der Waals surface area contributed by atoms with Gasteiger partial charge in [0, 0.05) is 6.54 Å². The lowest BCUT2D eigenvalue weighted by molar-refractivity contribution is 0.236. The van der Waals surface area contributed by atoms with Gasteiger partial charge in [-0.15, -0.1) is 0 Å². The van der Waals surface area contributed by atoms with Crippen LogP contribution in [0.1, 0.15) is 32.1 Å². The maximum Gasteiger partial charge on any atom is 0.314 e. The van der Waals surface area contributed by atoms with Crippen LogP contribution in [0.2, 0.25) is 0 Å². The highest BCUT2D eigenvalue weighted by molar-refractivity contribution is 5.73. The number of urea groups is 1. The molecule has 1 aromatic rings. The van der Waals surface area contributed by atoms with E-state index in [4.69, 9.17) is 4.74 Å². The van der Waals surface area contributed by atoms with Gasteiger partial charge >= 0.3 is 6.03 Å². The van der Waals surface area contributed by atoms with Crippen LogP contribution in [0.15, 0.2) is 35.9 Å². The second-order valence-electron chi connectivity index (χ2n) is 5.34. The first-order chi connectivity index (χ1) is 10.7. The van der Waals surface area contributed by atoms with Crippen molar-refractivity contribution < 1.29 is 13.9 Å². The Hall–Kier alpha value is -2.04. The molecule has 0 aliphatic heterocycles. The Morgan fingerprint density at radius 1 is 1.14 bits per heavy atom. The van der Waals surface area contributed by atoms with E-state index in [-0.39, 0.29) is 11.8 Å². The fourth-order valence-corrected chi connectivity index (χ4v) is 2.40. The molecule has 4 nitrogen and oxygen atoms in total. The van der Waals surface area contributed by atoms with Gasteiger partial charge in [-0.05, 0) is 56.4 Å². The normalized spacial score (nSPS) is 14.1. The Balaban J connectivity index is 1.52. The van der Waals surface area contributed by atoms with Crippen LogP contribution in [0.5, 0.6) is 5.75 Å². The van der Waals surface area contributed by atoms with E-state index in [1.54, 1.807) is 12.1 Å². The molecule has 0 saturated carbocycles. The van der Waals surface area contributed by atoms with Gasteiger partial charge in [-0.3, -0.25) is 0 Å². The summed E-state index contributed by atoms with van der Waals surface area (Å²) in [5, 5.41) is 5.57. The zero-order valence-electron chi connectivity index (χ0n) is 12.7. The molecule has 0 atom stereocenters. The molecule has 120 valence electrons. The minimum atomic E-state index is -0.294. The van der Waals surface area contributed by atoms with Gasteiger partial charge in [0.15, 0.2) is 0 Å². The fourth-order valence-electron chi connectivity index (χ4n) is 2.40. The number of allylic oxidation sites excluding steroid dienone is 1. The molecule has 1 aromatic carbocycles. The molecule has 1 aliphatic rings. The zero-order chi connectivity index (χ0) is 15.6. The van der Waals surface area contributed by atoms with Gasteiger partial charge in [0.05, 0.1) is 6.54 Å². The Kier molecular flexibility index (Phi) is 6.74. The third-order valence-corrected chi connectivity index (χ3v) is 3.59. The van der Waals surface area contributed by atoms with Crippen molar-refractivity contribution in [1.29, 1.82) is 0 Å². The molecule has 0 bridgehead atoms. The molecule has 22 heavy (non-hydrogen) atoms. The maximum atomic E-state index is 12.7. The van der Waals surface area contributed by atoms with Gasteiger partial charge in [0.2, 0.25) is 0 Å². The smallest absolute Gasteiger partial charge is 0.314 e. The molecule has 0 unspecified atom stereocenters. The van der Waals surface area contributed by atoms with Crippen molar-refractivity contribution in [3.63, 3.8) is 0 Å². The standard InChI is InChI=1S/C17H23FN2O2/c18-15-6-8-16(9-7-15)22-13-12-20-17(21)19-11-10-14-4-2-1-3-5-14/h4,6-9H,1-3,5,10-13H2,(H2,19,20,21). The molecule has 0 saturated heterocycles. The van der Waals surface area contributed by atoms with Gasteiger partial charge in [-0.2, -0.15) is 0 Å². The average Bonchev–Trinajstić information content (AvgIpc) is 2.54. The van der Waals surface area contributed by atoms with Crippen molar-refractivity contribution in [2.24, 2.45) is 0 Å². The van der Waals surface area contributed by atoms with Crippen molar-refractivity contribution in [2.75, 3.05) is 19.7 Å². The molecule has 2 rings (SSSR count). The highest BCUT2D eigenvalue weighted by Gasteiger charge is 2.04. The molecule has 2 N–H and O–H groups in total. The van der Waals surface area contributed by atoms with E-state index in [9.17, 15) is 9.18 Å². The van der Waals surface area contributed by atoms with Crippen LogP contribution in [0.4, 0.5) is 9.18 Å². The lowest BCUT2D eigenvalue weighted by Crippen LogP contribution is -2.38. The molecule has 0 spiro atoms. The van der Waals surface area contributed by atoms with Gasteiger partial charge in [0.25, 0.3) is 0 Å². The average molecular weight is 306 g/mol. The number of carbonyl (C=O) groups excluding carboxylic acids is 1. The predicted octanol–water partition coefficient (Wildman–Crippen LogP) is 3.39. The number of benzene rings is 1. The van der Waals surface area contributed by atoms with E-state index < -0.39 is 0 Å². The van der Waals surface area contributed by atoms with E-state index in [1.807, 2.05) is 0 Å². The van der Waals surface area contributed by atoms with Gasteiger partial charge in [-0.25, -0.2) is 9.18 Å². The summed E-state index contributed by atoms with van der Waals surface area (Å²) in [5.74, 6) is 0.297. The number of hydrogen-bond donors (Lipinski definition) is 2. The number of halogens is 1. The summed E-state index contributed by atoms with van der Waals surface area (Å²) in [5.41, 5.74) is 1.45. The van der Waals surface area contributed by atoms with Crippen LogP contribution in [0.25, 0.3) is 0 Å². The Morgan fingerprint density at radius 2 is 1.91 bits per heavy atom. The van der Waals surface area contributed by atoms with Crippen molar-refractivity contribution in [2.45, 2.75) is 32.1 Å². The van der Waals surface area contributed by atoms with Crippen molar-refractivity contribution >= 4 is 6.03 Å². The van der Waals surface area contributed by atoms with Crippen LogP contribution in [0, 0.1) is 5.82 Å². The van der Waals surface area contributed by atoms with Crippen LogP contribution in [-0.2, 0) is 0 Å². The van der Waals surface area contributed by atoms with Crippen LogP contribution in [0.3, 0.4) is 0 Å². The lowest BCUT2D eigenvalue weighted by atomic mass is 9.97. The largest absolute Gasteiger partial charge is 0.492 e. The number of amides is 2. The number of nitrogens with one attached hydrogen (secondary N) is 2. The summed E-state index contributed by atoms with van der Waals surface area (Å²) in [4.78, 5) is 11.6. The van der Waals surface area contributed by atoms with Crippen LogP contribution >= 0.6 is 0 Å². The summed E-state index contributed by atoms with van der Waals surface area (Å²) in [6, 6.07) is 5.63. The molecule has 0 aromatic heterocycles. The SMILES string of the molecule is O=C(NCCOc1ccc(F)cc1)NCCC1=CCCCC1. The summed E-state index contributed by atoms with van der Waals surface area (Å²) in [6.07, 6.45) is 8.10. The van der Waals surface area contributed by atoms with Gasteiger partial charge in [-0.1, -0.05) is 11.6 Å². The molecule has 0 radical (unpaired) electrons. The Bertz CT molecular complexity index is 500. The maximum absolute atomic E-state index is 12.7. The van der Waals surface area contributed by atoms with Crippen molar-refractivity contribution in [3.05, 3.63) is 41.7 Å². The Labute approximate surface area is 130 Å². The summed E-state index contributed by atoms with van der Waals surface area (Å²) >= 11 is 0. The number of ether oxygens (including phenoxy) is 1. The second-order valence-corrected chi connectivity index (χ2v) is 5.34. The van der Waals surface area contributed by atoms with Crippen LogP contribution < -0.4 is 15.4 Å². The van der Waals surface area contributed by atoms with E-state index in [0.717, 1.165) is 12.8 Å². The third-order valence-electron chi connectivity index (χ3n) is 3.59. The van der Waals surface area contributed by atoms with Crippen molar-refractivity contribution in [1.82, 2.24) is 10.6 Å². The molecule has 1 aliphatic carbocycles. The van der Waals surface area contributed by atoms with Crippen LogP contribution in [-0.4, -0.2) is 25.7 Å². The van der Waals surface area contributed by atoms with Crippen molar-refractivity contribution in [3.8, 4) is 5.75 Å². The number of carbonyl (C=O) groups is 1.